The monoisotopic (exact) mass is 266 g/mol. The molecule has 2 rings (SSSR count). The summed E-state index contributed by atoms with van der Waals surface area (Å²) in [5.74, 6) is 0.0958. The Bertz CT molecular complexity index is 580. The molecular formula is C12H11ClN2O3. The van der Waals surface area contributed by atoms with Crippen LogP contribution in [0.25, 0.3) is 11.3 Å². The summed E-state index contributed by atoms with van der Waals surface area (Å²) in [6, 6.07) is 5.20. The normalized spacial score (nSPS) is 10.3. The zero-order chi connectivity index (χ0) is 13.1. The third kappa shape index (κ3) is 2.62. The Labute approximate surface area is 108 Å². The molecule has 0 aliphatic carbocycles. The lowest BCUT2D eigenvalue weighted by Gasteiger charge is -2.06. The van der Waals surface area contributed by atoms with Gasteiger partial charge in [-0.2, -0.15) is 0 Å². The number of nitrogens with zero attached hydrogens (tertiary/aromatic N) is 1. The van der Waals surface area contributed by atoms with E-state index in [1.165, 1.54) is 0 Å². The van der Waals surface area contributed by atoms with Crippen molar-refractivity contribution in [1.29, 1.82) is 0 Å². The number of carboxylic acids is 1. The third-order valence-corrected chi connectivity index (χ3v) is 2.63. The van der Waals surface area contributed by atoms with Crippen LogP contribution in [0.15, 0.2) is 24.4 Å². The van der Waals surface area contributed by atoms with Gasteiger partial charge in [-0.05, 0) is 18.2 Å². The predicted molar refractivity (Wildman–Crippen MR) is 66.9 cm³/mol. The summed E-state index contributed by atoms with van der Waals surface area (Å²) >= 11 is 5.93. The Kier molecular flexibility index (Phi) is 3.53. The number of hydrogen-bond acceptors (Lipinski definition) is 3. The molecule has 1 aromatic carbocycles. The minimum atomic E-state index is -0.936. The number of H-pyrrole nitrogens is 1. The van der Waals surface area contributed by atoms with Gasteiger partial charge < -0.3 is 14.8 Å². The molecule has 6 heteroatoms. The van der Waals surface area contributed by atoms with Gasteiger partial charge in [0.25, 0.3) is 0 Å². The molecule has 0 radical (unpaired) electrons. The number of benzene rings is 1. The highest BCUT2D eigenvalue weighted by atomic mass is 35.5. The van der Waals surface area contributed by atoms with Gasteiger partial charge in [-0.1, -0.05) is 11.6 Å². The summed E-state index contributed by atoms with van der Waals surface area (Å²) in [5.41, 5.74) is 1.42. The van der Waals surface area contributed by atoms with Crippen molar-refractivity contribution >= 4 is 17.6 Å². The maximum Gasteiger partial charge on any atom is 0.311 e. The molecule has 1 heterocycles. The standard InChI is InChI=1S/C12H11ClN2O3/c1-18-10-3-2-7(13)4-8(10)9-6-14-11(15-9)5-12(16)17/h2-4,6H,5H2,1H3,(H,14,15)(H,16,17). The topological polar surface area (TPSA) is 75.2 Å². The third-order valence-electron chi connectivity index (χ3n) is 2.40. The van der Waals surface area contributed by atoms with Gasteiger partial charge in [-0.25, -0.2) is 4.98 Å². The minimum Gasteiger partial charge on any atom is -0.496 e. The van der Waals surface area contributed by atoms with Crippen LogP contribution in [0.1, 0.15) is 5.82 Å². The number of imidazole rings is 1. The Morgan fingerprint density at radius 3 is 3.00 bits per heavy atom. The number of halogens is 1. The molecule has 0 saturated heterocycles. The van der Waals surface area contributed by atoms with Crippen LogP contribution in [0.4, 0.5) is 0 Å². The molecule has 0 unspecified atom stereocenters. The molecule has 0 amide bonds. The van der Waals surface area contributed by atoms with E-state index in [9.17, 15) is 4.79 Å². The molecule has 0 fully saturated rings. The van der Waals surface area contributed by atoms with Gasteiger partial charge in [0.05, 0.1) is 19.0 Å². The van der Waals surface area contributed by atoms with E-state index in [0.717, 1.165) is 5.56 Å². The first-order valence-corrected chi connectivity index (χ1v) is 5.57. The largest absolute Gasteiger partial charge is 0.496 e. The maximum absolute atomic E-state index is 10.6. The van der Waals surface area contributed by atoms with Crippen LogP contribution in [0.2, 0.25) is 5.02 Å². The van der Waals surface area contributed by atoms with Gasteiger partial charge in [0.2, 0.25) is 0 Å². The molecule has 94 valence electrons. The molecule has 0 aliphatic rings. The van der Waals surface area contributed by atoms with Crippen LogP contribution in [0.5, 0.6) is 5.75 Å². The smallest absolute Gasteiger partial charge is 0.311 e. The Morgan fingerprint density at radius 1 is 1.56 bits per heavy atom. The highest BCUT2D eigenvalue weighted by molar-refractivity contribution is 6.30. The number of carbonyl (C=O) groups is 1. The van der Waals surface area contributed by atoms with Crippen molar-refractivity contribution in [3.63, 3.8) is 0 Å². The van der Waals surface area contributed by atoms with Crippen LogP contribution in [0.3, 0.4) is 0 Å². The van der Waals surface area contributed by atoms with E-state index in [-0.39, 0.29) is 6.42 Å². The fourth-order valence-electron chi connectivity index (χ4n) is 1.62. The van der Waals surface area contributed by atoms with Crippen LogP contribution in [-0.4, -0.2) is 28.2 Å². The van der Waals surface area contributed by atoms with Crippen molar-refractivity contribution in [1.82, 2.24) is 9.97 Å². The second-order valence-corrected chi connectivity index (χ2v) is 4.10. The molecule has 0 atom stereocenters. The Balaban J connectivity index is 2.38. The zero-order valence-electron chi connectivity index (χ0n) is 9.61. The van der Waals surface area contributed by atoms with Crippen LogP contribution in [0, 0.1) is 0 Å². The molecule has 0 aliphatic heterocycles. The molecule has 0 spiro atoms. The first-order chi connectivity index (χ1) is 8.60. The van der Waals surface area contributed by atoms with Gasteiger partial charge in [-0.3, -0.25) is 4.79 Å². The second kappa shape index (κ2) is 5.10. The van der Waals surface area contributed by atoms with Gasteiger partial charge in [0.1, 0.15) is 18.0 Å². The minimum absolute atomic E-state index is 0.150. The molecule has 0 bridgehead atoms. The number of aliphatic carboxylic acids is 1. The number of methoxy groups -OCH3 is 1. The van der Waals surface area contributed by atoms with Crippen LogP contribution >= 0.6 is 11.6 Å². The Hall–Kier alpha value is -2.01. The van der Waals surface area contributed by atoms with Crippen molar-refractivity contribution in [2.24, 2.45) is 0 Å². The molecule has 2 N–H and O–H groups in total. The summed E-state index contributed by atoms with van der Waals surface area (Å²) < 4.78 is 5.22. The number of aromatic amines is 1. The summed E-state index contributed by atoms with van der Waals surface area (Å²) in [7, 11) is 1.56. The molecule has 1 aromatic heterocycles. The van der Waals surface area contributed by atoms with Gasteiger partial charge in [0, 0.05) is 10.6 Å². The van der Waals surface area contributed by atoms with Crippen molar-refractivity contribution in [3.05, 3.63) is 35.2 Å². The lowest BCUT2D eigenvalue weighted by atomic mass is 10.1. The van der Waals surface area contributed by atoms with Crippen molar-refractivity contribution in [2.45, 2.75) is 6.42 Å². The predicted octanol–water partition coefficient (Wildman–Crippen LogP) is 2.37. The highest BCUT2D eigenvalue weighted by Gasteiger charge is 2.11. The molecule has 5 nitrogen and oxygen atoms in total. The SMILES string of the molecule is COc1ccc(Cl)cc1-c1cnc(CC(=O)O)[nH]1. The first kappa shape index (κ1) is 12.4. The van der Waals surface area contributed by atoms with E-state index in [1.807, 2.05) is 0 Å². The number of hydrogen-bond donors (Lipinski definition) is 2. The average Bonchev–Trinajstić information content (AvgIpc) is 2.76. The van der Waals surface area contributed by atoms with E-state index in [4.69, 9.17) is 21.4 Å². The quantitative estimate of drug-likeness (QED) is 0.891. The summed E-state index contributed by atoms with van der Waals surface area (Å²) in [6.45, 7) is 0. The van der Waals surface area contributed by atoms with Gasteiger partial charge in [-0.15, -0.1) is 0 Å². The fourth-order valence-corrected chi connectivity index (χ4v) is 1.80. The summed E-state index contributed by atoms with van der Waals surface area (Å²) in [6.07, 6.45) is 1.41. The lowest BCUT2D eigenvalue weighted by Crippen LogP contribution is -2.01. The first-order valence-electron chi connectivity index (χ1n) is 5.19. The van der Waals surface area contributed by atoms with E-state index in [0.29, 0.717) is 22.3 Å². The fraction of sp³-hybridized carbons (Fsp3) is 0.167. The van der Waals surface area contributed by atoms with E-state index in [1.54, 1.807) is 31.5 Å². The van der Waals surface area contributed by atoms with Crippen molar-refractivity contribution in [3.8, 4) is 17.0 Å². The van der Waals surface area contributed by atoms with Gasteiger partial charge in [0.15, 0.2) is 0 Å². The van der Waals surface area contributed by atoms with E-state index < -0.39 is 5.97 Å². The van der Waals surface area contributed by atoms with Crippen LogP contribution < -0.4 is 4.74 Å². The maximum atomic E-state index is 10.6. The number of rotatable bonds is 4. The number of carboxylic acid groups (broad SMARTS) is 1. The summed E-state index contributed by atoms with van der Waals surface area (Å²) in [4.78, 5) is 17.5. The highest BCUT2D eigenvalue weighted by Crippen LogP contribution is 2.31. The molecule has 18 heavy (non-hydrogen) atoms. The number of aromatic nitrogens is 2. The van der Waals surface area contributed by atoms with E-state index >= 15 is 0 Å². The summed E-state index contributed by atoms with van der Waals surface area (Å²) in [5, 5.41) is 9.26. The van der Waals surface area contributed by atoms with Crippen molar-refractivity contribution < 1.29 is 14.6 Å². The zero-order valence-corrected chi connectivity index (χ0v) is 10.4. The second-order valence-electron chi connectivity index (χ2n) is 3.66. The van der Waals surface area contributed by atoms with E-state index in [2.05, 4.69) is 9.97 Å². The van der Waals surface area contributed by atoms with Crippen molar-refractivity contribution in [2.75, 3.05) is 7.11 Å². The lowest BCUT2D eigenvalue weighted by molar-refractivity contribution is -0.136. The number of ether oxygens (including phenoxy) is 1. The number of nitrogens with one attached hydrogen (secondary N) is 1. The van der Waals surface area contributed by atoms with Crippen LogP contribution in [-0.2, 0) is 11.2 Å². The molecular weight excluding hydrogens is 256 g/mol. The molecule has 0 saturated carbocycles. The van der Waals surface area contributed by atoms with Gasteiger partial charge >= 0.3 is 5.97 Å². The average molecular weight is 267 g/mol. The molecule has 2 aromatic rings. The Morgan fingerprint density at radius 2 is 2.33 bits per heavy atom.